The molecule has 146 valence electrons. The van der Waals surface area contributed by atoms with Crippen molar-refractivity contribution in [3.63, 3.8) is 0 Å². The normalized spacial score (nSPS) is 17.6. The third-order valence-corrected chi connectivity index (χ3v) is 5.86. The van der Waals surface area contributed by atoms with Gasteiger partial charge in [0.2, 0.25) is 0 Å². The summed E-state index contributed by atoms with van der Waals surface area (Å²) in [5, 5.41) is 3.85. The van der Waals surface area contributed by atoms with Crippen molar-refractivity contribution in [2.24, 2.45) is 0 Å². The molecule has 1 N–H and O–H groups in total. The van der Waals surface area contributed by atoms with Crippen molar-refractivity contribution in [3.8, 4) is 11.5 Å². The van der Waals surface area contributed by atoms with E-state index in [4.69, 9.17) is 21.1 Å². The van der Waals surface area contributed by atoms with Crippen molar-refractivity contribution in [1.29, 1.82) is 0 Å². The Balaban J connectivity index is 1.29. The number of hydrogen-bond acceptors (Lipinski definition) is 4. The number of rotatable bonds is 2. The highest BCUT2D eigenvalue weighted by molar-refractivity contribution is 6.30. The van der Waals surface area contributed by atoms with Gasteiger partial charge in [-0.05, 0) is 24.3 Å². The van der Waals surface area contributed by atoms with Gasteiger partial charge in [-0.3, -0.25) is 0 Å². The van der Waals surface area contributed by atoms with Crippen LogP contribution in [-0.2, 0) is 12.8 Å². The quantitative estimate of drug-likeness (QED) is 0.838. The van der Waals surface area contributed by atoms with E-state index in [1.54, 1.807) is 0 Å². The lowest BCUT2D eigenvalue weighted by Crippen LogP contribution is -2.50. The highest BCUT2D eigenvalue weighted by Gasteiger charge is 2.29. The Morgan fingerprint density at radius 1 is 1.04 bits per heavy atom. The number of carbonyl (C=O) groups excluding carboxylic acids is 1. The van der Waals surface area contributed by atoms with Crippen LogP contribution in [0.5, 0.6) is 11.5 Å². The minimum absolute atomic E-state index is 0.0799. The molecule has 0 spiro atoms. The van der Waals surface area contributed by atoms with E-state index in [0.29, 0.717) is 26.3 Å². The van der Waals surface area contributed by atoms with Crippen LogP contribution in [0.4, 0.5) is 16.2 Å². The molecule has 2 amide bonds. The van der Waals surface area contributed by atoms with Crippen LogP contribution in [0, 0.1) is 0 Å². The zero-order valence-corrected chi connectivity index (χ0v) is 16.3. The van der Waals surface area contributed by atoms with Crippen LogP contribution in [0.25, 0.3) is 0 Å². The van der Waals surface area contributed by atoms with Gasteiger partial charge in [-0.15, -0.1) is 0 Å². The number of nitrogens with one attached hydrogen (secondary N) is 1. The maximum absolute atomic E-state index is 12.9. The van der Waals surface area contributed by atoms with Crippen molar-refractivity contribution >= 4 is 29.0 Å². The van der Waals surface area contributed by atoms with Crippen molar-refractivity contribution in [1.82, 2.24) is 4.90 Å². The predicted octanol–water partition coefficient (Wildman–Crippen LogP) is 3.56. The molecule has 6 nitrogen and oxygen atoms in total. The van der Waals surface area contributed by atoms with E-state index in [9.17, 15) is 4.79 Å². The number of amides is 2. The van der Waals surface area contributed by atoms with Crippen LogP contribution in [0.15, 0.2) is 30.3 Å². The van der Waals surface area contributed by atoms with E-state index in [0.717, 1.165) is 65.0 Å². The molecule has 0 bridgehead atoms. The molecule has 7 heteroatoms. The molecule has 3 aliphatic heterocycles. The molecule has 0 aliphatic carbocycles. The summed E-state index contributed by atoms with van der Waals surface area (Å²) < 4.78 is 11.5. The Hall–Kier alpha value is -2.60. The molecular formula is C21H22ClN3O3. The van der Waals surface area contributed by atoms with Gasteiger partial charge in [0.25, 0.3) is 0 Å². The first-order valence-electron chi connectivity index (χ1n) is 9.70. The average Bonchev–Trinajstić information content (AvgIpc) is 3.37. The van der Waals surface area contributed by atoms with Gasteiger partial charge in [0, 0.05) is 60.9 Å². The average molecular weight is 400 g/mol. The SMILES string of the molecule is O=C(Nc1c2c(cc3c1OCC3)OCC2)N1CCN(c2cccc(Cl)c2)CC1. The fraction of sp³-hybridized carbons (Fsp3) is 0.381. The highest BCUT2D eigenvalue weighted by atomic mass is 35.5. The number of ether oxygens (including phenoxy) is 2. The Labute approximate surface area is 169 Å². The number of urea groups is 1. The molecular weight excluding hydrogens is 378 g/mol. The molecule has 28 heavy (non-hydrogen) atoms. The number of carbonyl (C=O) groups is 1. The van der Waals surface area contributed by atoms with Crippen molar-refractivity contribution in [2.45, 2.75) is 12.8 Å². The summed E-state index contributed by atoms with van der Waals surface area (Å²) in [7, 11) is 0. The molecule has 1 saturated heterocycles. The number of halogens is 1. The summed E-state index contributed by atoms with van der Waals surface area (Å²) in [6.45, 7) is 4.18. The van der Waals surface area contributed by atoms with E-state index >= 15 is 0 Å². The highest BCUT2D eigenvalue weighted by Crippen LogP contribution is 2.44. The van der Waals surface area contributed by atoms with Gasteiger partial charge in [-0.1, -0.05) is 17.7 Å². The summed E-state index contributed by atoms with van der Waals surface area (Å²) in [5.74, 6) is 1.69. The van der Waals surface area contributed by atoms with E-state index in [2.05, 4.69) is 22.3 Å². The van der Waals surface area contributed by atoms with Crippen LogP contribution < -0.4 is 19.7 Å². The minimum Gasteiger partial charge on any atom is -0.493 e. The molecule has 0 aromatic heterocycles. The number of fused-ring (bicyclic) bond motifs is 2. The van der Waals surface area contributed by atoms with Crippen molar-refractivity contribution in [3.05, 3.63) is 46.5 Å². The molecule has 2 aromatic rings. The van der Waals surface area contributed by atoms with E-state index < -0.39 is 0 Å². The van der Waals surface area contributed by atoms with Gasteiger partial charge < -0.3 is 24.6 Å². The van der Waals surface area contributed by atoms with Gasteiger partial charge in [0.05, 0.1) is 18.9 Å². The third-order valence-electron chi connectivity index (χ3n) is 5.62. The number of hydrogen-bond donors (Lipinski definition) is 1. The molecule has 0 unspecified atom stereocenters. The monoisotopic (exact) mass is 399 g/mol. The summed E-state index contributed by atoms with van der Waals surface area (Å²) in [6.07, 6.45) is 1.65. The maximum Gasteiger partial charge on any atom is 0.322 e. The van der Waals surface area contributed by atoms with E-state index in [1.807, 2.05) is 23.1 Å². The molecule has 0 radical (unpaired) electrons. The third kappa shape index (κ3) is 3.11. The second kappa shape index (κ2) is 7.09. The molecule has 3 heterocycles. The second-order valence-electron chi connectivity index (χ2n) is 7.30. The van der Waals surface area contributed by atoms with Crippen LogP contribution in [-0.4, -0.2) is 50.3 Å². The number of anilines is 2. The molecule has 5 rings (SSSR count). The van der Waals surface area contributed by atoms with Gasteiger partial charge in [-0.25, -0.2) is 4.79 Å². The number of benzene rings is 2. The lowest BCUT2D eigenvalue weighted by molar-refractivity contribution is 0.208. The standard InChI is InChI=1S/C21H22ClN3O3/c22-15-2-1-3-16(13-15)24-6-8-25(9-7-24)21(26)23-19-17-5-11-27-18(17)12-14-4-10-28-20(14)19/h1-3,12-13H,4-11H2,(H,23,26). The zero-order chi connectivity index (χ0) is 19.1. The number of nitrogens with zero attached hydrogens (tertiary/aromatic N) is 2. The van der Waals surface area contributed by atoms with E-state index in [-0.39, 0.29) is 6.03 Å². The summed E-state index contributed by atoms with van der Waals surface area (Å²) in [5.41, 5.74) is 4.05. The smallest absolute Gasteiger partial charge is 0.322 e. The minimum atomic E-state index is -0.0799. The maximum atomic E-state index is 12.9. The topological polar surface area (TPSA) is 54.0 Å². The molecule has 3 aliphatic rings. The van der Waals surface area contributed by atoms with Crippen LogP contribution in [0.3, 0.4) is 0 Å². The first-order valence-corrected chi connectivity index (χ1v) is 10.1. The second-order valence-corrected chi connectivity index (χ2v) is 7.73. The Bertz CT molecular complexity index is 893. The van der Waals surface area contributed by atoms with E-state index in [1.165, 1.54) is 0 Å². The zero-order valence-electron chi connectivity index (χ0n) is 15.5. The lowest BCUT2D eigenvalue weighted by atomic mass is 10.0. The Morgan fingerprint density at radius 3 is 2.68 bits per heavy atom. The molecule has 0 saturated carbocycles. The Kier molecular flexibility index (Phi) is 4.43. The fourth-order valence-electron chi connectivity index (χ4n) is 4.14. The van der Waals surface area contributed by atoms with Gasteiger partial charge >= 0.3 is 6.03 Å². The fourth-order valence-corrected chi connectivity index (χ4v) is 4.33. The summed E-state index contributed by atoms with van der Waals surface area (Å²) in [4.78, 5) is 17.1. The largest absolute Gasteiger partial charge is 0.493 e. The van der Waals surface area contributed by atoms with Crippen LogP contribution in [0.1, 0.15) is 11.1 Å². The van der Waals surface area contributed by atoms with Gasteiger partial charge in [0.15, 0.2) is 0 Å². The van der Waals surface area contributed by atoms with Crippen LogP contribution >= 0.6 is 11.6 Å². The van der Waals surface area contributed by atoms with Crippen molar-refractivity contribution in [2.75, 3.05) is 49.6 Å². The van der Waals surface area contributed by atoms with Gasteiger partial charge in [0.1, 0.15) is 11.5 Å². The molecule has 2 aromatic carbocycles. The molecule has 1 fully saturated rings. The summed E-state index contributed by atoms with van der Waals surface area (Å²) in [6, 6.07) is 9.82. The van der Waals surface area contributed by atoms with Gasteiger partial charge in [-0.2, -0.15) is 0 Å². The van der Waals surface area contributed by atoms with Crippen LogP contribution in [0.2, 0.25) is 5.02 Å². The van der Waals surface area contributed by atoms with Crippen molar-refractivity contribution < 1.29 is 14.3 Å². The predicted molar refractivity (Wildman–Crippen MR) is 109 cm³/mol. The molecule has 0 atom stereocenters. The first-order chi connectivity index (χ1) is 13.7. The first kappa shape index (κ1) is 17.5. The lowest BCUT2D eigenvalue weighted by Gasteiger charge is -2.36. The summed E-state index contributed by atoms with van der Waals surface area (Å²) >= 11 is 6.10. The number of piperazine rings is 1. The Morgan fingerprint density at radius 2 is 1.86 bits per heavy atom.